The van der Waals surface area contributed by atoms with Crippen LogP contribution in [-0.4, -0.2) is 11.1 Å². The van der Waals surface area contributed by atoms with Gasteiger partial charge >= 0.3 is 5.97 Å². The van der Waals surface area contributed by atoms with Crippen molar-refractivity contribution in [2.75, 3.05) is 0 Å². The summed E-state index contributed by atoms with van der Waals surface area (Å²) in [5, 5.41) is 10.2. The molecule has 1 aliphatic heterocycles. The molecule has 1 atom stereocenters. The molecule has 3 heteroatoms. The number of hydrogen-bond donors (Lipinski definition) is 1. The zero-order valence-electron chi connectivity index (χ0n) is 11.5. The van der Waals surface area contributed by atoms with Crippen LogP contribution in [0, 0.1) is 0 Å². The zero-order valence-corrected chi connectivity index (χ0v) is 11.5. The quantitative estimate of drug-likeness (QED) is 0.871. The maximum absolute atomic E-state index is 12.2. The number of carbonyl (C=O) groups is 1. The molecule has 0 saturated carbocycles. The molecule has 0 spiro atoms. The first kappa shape index (κ1) is 13.4. The van der Waals surface area contributed by atoms with E-state index in [1.807, 2.05) is 60.7 Å². The van der Waals surface area contributed by atoms with Gasteiger partial charge in [-0.05, 0) is 11.1 Å². The second kappa shape index (κ2) is 5.83. The predicted molar refractivity (Wildman–Crippen MR) is 79.7 cm³/mol. The number of ether oxygens (including phenoxy) is 1. The molecule has 2 aromatic carbocycles. The first-order chi connectivity index (χ1) is 10.2. The Kier molecular flexibility index (Phi) is 3.73. The van der Waals surface area contributed by atoms with Crippen molar-refractivity contribution in [1.82, 2.24) is 0 Å². The number of esters is 1. The van der Waals surface area contributed by atoms with Gasteiger partial charge in [-0.3, -0.25) is 0 Å². The number of carbonyl (C=O) groups excluding carboxylic acids is 1. The van der Waals surface area contributed by atoms with Crippen LogP contribution in [0.25, 0.3) is 0 Å². The predicted octanol–water partition coefficient (Wildman–Crippen LogP) is 3.73. The molecule has 3 nitrogen and oxygen atoms in total. The van der Waals surface area contributed by atoms with E-state index in [9.17, 15) is 9.90 Å². The Hall–Kier alpha value is -2.55. The summed E-state index contributed by atoms with van der Waals surface area (Å²) in [5.41, 5.74) is 2.23. The number of rotatable bonds is 3. The van der Waals surface area contributed by atoms with Gasteiger partial charge < -0.3 is 9.84 Å². The number of hydrogen-bond acceptors (Lipinski definition) is 3. The Morgan fingerprint density at radius 3 is 2.24 bits per heavy atom. The Morgan fingerprint density at radius 2 is 1.62 bits per heavy atom. The molecule has 0 saturated heterocycles. The molecule has 1 heterocycles. The standard InChI is InChI=1S/C18H16O3/c19-16-12-17(14-9-5-2-6-10-14)21-18(20)15(16)11-13-7-3-1-4-8-13/h1-10,17,19H,11-12H2. The summed E-state index contributed by atoms with van der Waals surface area (Å²) < 4.78 is 5.47. The van der Waals surface area contributed by atoms with Crippen LogP contribution in [-0.2, 0) is 16.0 Å². The first-order valence-corrected chi connectivity index (χ1v) is 6.95. The molecule has 0 amide bonds. The Balaban J connectivity index is 1.82. The minimum atomic E-state index is -0.434. The van der Waals surface area contributed by atoms with Crippen molar-refractivity contribution in [3.05, 3.63) is 83.1 Å². The van der Waals surface area contributed by atoms with Crippen LogP contribution in [0.5, 0.6) is 0 Å². The molecular weight excluding hydrogens is 264 g/mol. The topological polar surface area (TPSA) is 46.5 Å². The Bertz CT molecular complexity index is 659. The lowest BCUT2D eigenvalue weighted by atomic mass is 9.96. The van der Waals surface area contributed by atoms with E-state index in [0.29, 0.717) is 18.4 Å². The maximum atomic E-state index is 12.2. The summed E-state index contributed by atoms with van der Waals surface area (Å²) in [5.74, 6) is -0.305. The molecule has 0 fully saturated rings. The van der Waals surface area contributed by atoms with Crippen LogP contribution < -0.4 is 0 Å². The van der Waals surface area contributed by atoms with Crippen molar-refractivity contribution in [2.24, 2.45) is 0 Å². The average Bonchev–Trinajstić information content (AvgIpc) is 2.52. The smallest absolute Gasteiger partial charge is 0.338 e. The van der Waals surface area contributed by atoms with E-state index in [0.717, 1.165) is 11.1 Å². The molecule has 1 N–H and O–H groups in total. The minimum Gasteiger partial charge on any atom is -0.512 e. The van der Waals surface area contributed by atoms with Crippen LogP contribution in [0.2, 0.25) is 0 Å². The summed E-state index contributed by atoms with van der Waals surface area (Å²) in [6.07, 6.45) is 0.323. The normalized spacial score (nSPS) is 18.5. The second-order valence-electron chi connectivity index (χ2n) is 5.10. The van der Waals surface area contributed by atoms with Gasteiger partial charge in [-0.25, -0.2) is 4.79 Å². The summed E-state index contributed by atoms with van der Waals surface area (Å²) >= 11 is 0. The van der Waals surface area contributed by atoms with Crippen LogP contribution >= 0.6 is 0 Å². The van der Waals surface area contributed by atoms with Crippen LogP contribution in [0.1, 0.15) is 23.7 Å². The van der Waals surface area contributed by atoms with E-state index in [2.05, 4.69) is 0 Å². The van der Waals surface area contributed by atoms with Crippen LogP contribution in [0.15, 0.2) is 72.0 Å². The van der Waals surface area contributed by atoms with Gasteiger partial charge in [-0.2, -0.15) is 0 Å². The molecular formula is C18H16O3. The van der Waals surface area contributed by atoms with Gasteiger partial charge in [0.05, 0.1) is 5.57 Å². The van der Waals surface area contributed by atoms with Crippen molar-refractivity contribution >= 4 is 5.97 Å². The van der Waals surface area contributed by atoms with E-state index < -0.39 is 12.1 Å². The molecule has 21 heavy (non-hydrogen) atoms. The third kappa shape index (κ3) is 2.97. The van der Waals surface area contributed by atoms with Gasteiger partial charge in [0.1, 0.15) is 11.9 Å². The molecule has 0 bridgehead atoms. The summed E-state index contributed by atoms with van der Waals surface area (Å²) in [6, 6.07) is 19.1. The highest BCUT2D eigenvalue weighted by atomic mass is 16.5. The van der Waals surface area contributed by atoms with Crippen molar-refractivity contribution in [1.29, 1.82) is 0 Å². The summed E-state index contributed by atoms with van der Waals surface area (Å²) in [7, 11) is 0. The van der Waals surface area contributed by atoms with Crippen LogP contribution in [0.3, 0.4) is 0 Å². The van der Waals surface area contributed by atoms with E-state index in [-0.39, 0.29) is 5.76 Å². The lowest BCUT2D eigenvalue weighted by Crippen LogP contribution is -2.22. The van der Waals surface area contributed by atoms with Crippen molar-refractivity contribution in [3.8, 4) is 0 Å². The molecule has 0 aliphatic carbocycles. The van der Waals surface area contributed by atoms with Gasteiger partial charge in [-0.1, -0.05) is 60.7 Å². The monoisotopic (exact) mass is 280 g/mol. The SMILES string of the molecule is O=C1OC(c2ccccc2)CC(O)=C1Cc1ccccc1. The highest BCUT2D eigenvalue weighted by Gasteiger charge is 2.29. The second-order valence-corrected chi connectivity index (χ2v) is 5.10. The fourth-order valence-electron chi connectivity index (χ4n) is 2.49. The van der Waals surface area contributed by atoms with Gasteiger partial charge in [0.2, 0.25) is 0 Å². The van der Waals surface area contributed by atoms with Gasteiger partial charge in [-0.15, -0.1) is 0 Å². The van der Waals surface area contributed by atoms with E-state index in [1.165, 1.54) is 0 Å². The number of aliphatic hydroxyl groups excluding tert-OH is 1. The third-order valence-corrected chi connectivity index (χ3v) is 3.62. The number of cyclic esters (lactones) is 1. The average molecular weight is 280 g/mol. The summed E-state index contributed by atoms with van der Waals surface area (Å²) in [6.45, 7) is 0. The Morgan fingerprint density at radius 1 is 1.00 bits per heavy atom. The van der Waals surface area contributed by atoms with Crippen molar-refractivity contribution in [2.45, 2.75) is 18.9 Å². The van der Waals surface area contributed by atoms with E-state index >= 15 is 0 Å². The van der Waals surface area contributed by atoms with Gasteiger partial charge in [0.15, 0.2) is 0 Å². The first-order valence-electron chi connectivity index (χ1n) is 6.95. The fourth-order valence-corrected chi connectivity index (χ4v) is 2.49. The van der Waals surface area contributed by atoms with E-state index in [4.69, 9.17) is 4.74 Å². The minimum absolute atomic E-state index is 0.129. The van der Waals surface area contributed by atoms with Crippen molar-refractivity contribution < 1.29 is 14.6 Å². The summed E-state index contributed by atoms with van der Waals surface area (Å²) in [4.78, 5) is 12.2. The van der Waals surface area contributed by atoms with Crippen molar-refractivity contribution in [3.63, 3.8) is 0 Å². The maximum Gasteiger partial charge on any atom is 0.338 e. The lowest BCUT2D eigenvalue weighted by Gasteiger charge is -2.24. The highest BCUT2D eigenvalue weighted by molar-refractivity contribution is 5.90. The molecule has 1 aliphatic rings. The third-order valence-electron chi connectivity index (χ3n) is 3.62. The molecule has 2 aromatic rings. The molecule has 3 rings (SSSR count). The van der Waals surface area contributed by atoms with E-state index in [1.54, 1.807) is 0 Å². The lowest BCUT2D eigenvalue weighted by molar-refractivity contribution is -0.147. The van der Waals surface area contributed by atoms with Gasteiger partial charge in [0, 0.05) is 12.8 Å². The largest absolute Gasteiger partial charge is 0.512 e. The molecule has 106 valence electrons. The fraction of sp³-hybridized carbons (Fsp3) is 0.167. The molecule has 0 radical (unpaired) electrons. The number of benzene rings is 2. The molecule has 0 aromatic heterocycles. The van der Waals surface area contributed by atoms with Gasteiger partial charge in [0.25, 0.3) is 0 Å². The zero-order chi connectivity index (χ0) is 14.7. The van der Waals surface area contributed by atoms with Crippen LogP contribution in [0.4, 0.5) is 0 Å². The molecule has 1 unspecified atom stereocenters. The highest BCUT2D eigenvalue weighted by Crippen LogP contribution is 2.32. The number of aliphatic hydroxyl groups is 1. The Labute approximate surface area is 123 Å².